The molecule has 0 unspecified atom stereocenters. The van der Waals surface area contributed by atoms with E-state index in [1.54, 1.807) is 0 Å². The van der Waals surface area contributed by atoms with Crippen LogP contribution in [0.5, 0.6) is 5.75 Å². The minimum atomic E-state index is -4.41. The van der Waals surface area contributed by atoms with Crippen molar-refractivity contribution >= 4 is 17.9 Å². The lowest BCUT2D eigenvalue weighted by molar-refractivity contribution is -0.186. The molecule has 3 nitrogen and oxygen atoms in total. The summed E-state index contributed by atoms with van der Waals surface area (Å²) in [6, 6.07) is 4.17. The first-order valence-electron chi connectivity index (χ1n) is 4.44. The summed E-state index contributed by atoms with van der Waals surface area (Å²) in [4.78, 5) is 10.6. The monoisotopic (exact) mass is 268 g/mol. The van der Waals surface area contributed by atoms with Gasteiger partial charge in [0.15, 0.2) is 13.1 Å². The quantitative estimate of drug-likeness (QED) is 0.468. The maximum atomic E-state index is 11.7. The molecule has 94 valence electrons. The van der Waals surface area contributed by atoms with Gasteiger partial charge >= 0.3 is 6.18 Å². The molecule has 0 aliphatic heterocycles. The lowest BCUT2D eigenvalue weighted by Gasteiger charge is -2.10. The van der Waals surface area contributed by atoms with Gasteiger partial charge in [0.2, 0.25) is 0 Å². The van der Waals surface area contributed by atoms with Gasteiger partial charge in [-0.2, -0.15) is 13.2 Å². The third kappa shape index (κ3) is 5.06. The van der Waals surface area contributed by atoms with Crippen LogP contribution in [0.1, 0.15) is 10.4 Å². The summed E-state index contributed by atoms with van der Waals surface area (Å²) >= 11 is 5.62. The zero-order valence-corrected chi connectivity index (χ0v) is 9.22. The van der Waals surface area contributed by atoms with Crippen molar-refractivity contribution in [3.05, 3.63) is 28.8 Å². The van der Waals surface area contributed by atoms with Crippen molar-refractivity contribution in [1.82, 2.24) is 0 Å². The molecule has 0 aliphatic rings. The highest BCUT2D eigenvalue weighted by Crippen LogP contribution is 2.21. The molecule has 0 aliphatic carbocycles. The second-order valence-corrected chi connectivity index (χ2v) is 3.46. The van der Waals surface area contributed by atoms with Gasteiger partial charge in [-0.15, -0.1) is 0 Å². The molecule has 7 heteroatoms. The molecule has 0 bridgehead atoms. The molecule has 0 saturated carbocycles. The molecule has 0 amide bonds. The smallest absolute Gasteiger partial charge is 0.411 e. The van der Waals surface area contributed by atoms with Crippen LogP contribution in [-0.2, 0) is 4.74 Å². The Morgan fingerprint density at radius 2 is 2.06 bits per heavy atom. The van der Waals surface area contributed by atoms with Crippen molar-refractivity contribution in [2.45, 2.75) is 6.18 Å². The van der Waals surface area contributed by atoms with Crippen LogP contribution in [0, 0.1) is 0 Å². The van der Waals surface area contributed by atoms with E-state index in [9.17, 15) is 18.0 Å². The molecular weight excluding hydrogens is 261 g/mol. The van der Waals surface area contributed by atoms with E-state index < -0.39 is 19.6 Å². The Labute approximate surface area is 100 Å². The van der Waals surface area contributed by atoms with Crippen molar-refractivity contribution in [2.75, 3.05) is 13.4 Å². The van der Waals surface area contributed by atoms with Gasteiger partial charge in [0.25, 0.3) is 0 Å². The number of rotatable bonds is 5. The third-order valence-corrected chi connectivity index (χ3v) is 1.90. The fraction of sp³-hybridized carbons (Fsp3) is 0.300. The molecule has 0 radical (unpaired) electrons. The Hall–Kier alpha value is -1.27. The number of hydrogen-bond acceptors (Lipinski definition) is 3. The van der Waals surface area contributed by atoms with E-state index in [0.717, 1.165) is 0 Å². The molecule has 0 spiro atoms. The van der Waals surface area contributed by atoms with E-state index in [1.807, 2.05) is 0 Å². The van der Waals surface area contributed by atoms with E-state index in [4.69, 9.17) is 16.3 Å². The maximum absolute atomic E-state index is 11.7. The highest BCUT2D eigenvalue weighted by Gasteiger charge is 2.27. The lowest BCUT2D eigenvalue weighted by atomic mass is 10.2. The minimum absolute atomic E-state index is 0.117. The number of benzene rings is 1. The predicted octanol–water partition coefficient (Wildman–Crippen LogP) is 3.07. The van der Waals surface area contributed by atoms with Gasteiger partial charge in [-0.1, -0.05) is 11.6 Å². The largest absolute Gasteiger partial charge is 0.467 e. The Kier molecular flexibility index (Phi) is 4.77. The highest BCUT2D eigenvalue weighted by atomic mass is 35.5. The summed E-state index contributed by atoms with van der Waals surface area (Å²) < 4.78 is 44.3. The summed E-state index contributed by atoms with van der Waals surface area (Å²) in [6.45, 7) is -2.00. The average Bonchev–Trinajstić information content (AvgIpc) is 2.24. The van der Waals surface area contributed by atoms with Gasteiger partial charge in [-0.05, 0) is 18.2 Å². The normalized spacial score (nSPS) is 11.3. The number of aldehydes is 1. The van der Waals surface area contributed by atoms with Crippen LogP contribution in [0.4, 0.5) is 13.2 Å². The Balaban J connectivity index is 2.49. The minimum Gasteiger partial charge on any atom is -0.467 e. The van der Waals surface area contributed by atoms with E-state index >= 15 is 0 Å². The van der Waals surface area contributed by atoms with Crippen molar-refractivity contribution in [1.29, 1.82) is 0 Å². The molecule has 1 aromatic rings. The maximum Gasteiger partial charge on any atom is 0.411 e. The number of halogens is 4. The fourth-order valence-electron chi connectivity index (χ4n) is 1.01. The summed E-state index contributed by atoms with van der Waals surface area (Å²) in [7, 11) is 0. The highest BCUT2D eigenvalue weighted by molar-refractivity contribution is 6.30. The second-order valence-electron chi connectivity index (χ2n) is 3.03. The summed E-state index contributed by atoms with van der Waals surface area (Å²) in [5.74, 6) is 0.117. The van der Waals surface area contributed by atoms with Crippen LogP contribution < -0.4 is 4.74 Å². The zero-order valence-electron chi connectivity index (χ0n) is 8.46. The van der Waals surface area contributed by atoms with Crippen LogP contribution >= 0.6 is 11.6 Å². The number of carbonyl (C=O) groups is 1. The van der Waals surface area contributed by atoms with Gasteiger partial charge in [0, 0.05) is 5.02 Å². The van der Waals surface area contributed by atoms with Crippen molar-refractivity contribution in [3.8, 4) is 5.75 Å². The fourth-order valence-corrected chi connectivity index (χ4v) is 1.19. The molecule has 0 aromatic heterocycles. The molecule has 0 heterocycles. The van der Waals surface area contributed by atoms with Crippen LogP contribution in [0.25, 0.3) is 0 Å². The standard InChI is InChI=1S/C10H8ClF3O3/c11-8-1-2-9(7(3-8)4-15)17-6-16-5-10(12,13)14/h1-4H,5-6H2. The molecular formula is C10H8ClF3O3. The summed E-state index contributed by atoms with van der Waals surface area (Å²) in [5.41, 5.74) is 0.146. The van der Waals surface area contributed by atoms with Crippen molar-refractivity contribution < 1.29 is 27.4 Å². The SMILES string of the molecule is O=Cc1cc(Cl)ccc1OCOCC(F)(F)F. The van der Waals surface area contributed by atoms with Crippen LogP contribution in [-0.4, -0.2) is 25.9 Å². The van der Waals surface area contributed by atoms with Crippen LogP contribution in [0.3, 0.4) is 0 Å². The Morgan fingerprint density at radius 1 is 1.35 bits per heavy atom. The van der Waals surface area contributed by atoms with E-state index in [-0.39, 0.29) is 11.3 Å². The molecule has 1 aromatic carbocycles. The molecule has 0 saturated heterocycles. The van der Waals surface area contributed by atoms with Crippen molar-refractivity contribution in [2.24, 2.45) is 0 Å². The zero-order chi connectivity index (χ0) is 12.9. The van der Waals surface area contributed by atoms with Gasteiger partial charge in [0.05, 0.1) is 5.56 Å². The number of ether oxygens (including phenoxy) is 2. The molecule has 0 atom stereocenters. The van der Waals surface area contributed by atoms with Gasteiger partial charge < -0.3 is 9.47 Å². The topological polar surface area (TPSA) is 35.5 Å². The Morgan fingerprint density at radius 3 is 2.65 bits per heavy atom. The second kappa shape index (κ2) is 5.88. The lowest BCUT2D eigenvalue weighted by Crippen LogP contribution is -2.19. The number of carbonyl (C=O) groups excluding carboxylic acids is 1. The molecule has 0 fully saturated rings. The average molecular weight is 269 g/mol. The first-order valence-corrected chi connectivity index (χ1v) is 4.82. The first kappa shape index (κ1) is 13.8. The number of alkyl halides is 3. The van der Waals surface area contributed by atoms with Gasteiger partial charge in [0.1, 0.15) is 12.4 Å². The molecule has 0 N–H and O–H groups in total. The molecule has 17 heavy (non-hydrogen) atoms. The molecule has 1 rings (SSSR count). The summed E-state index contributed by atoms with van der Waals surface area (Å²) in [5, 5.41) is 0.329. The van der Waals surface area contributed by atoms with Crippen LogP contribution in [0.15, 0.2) is 18.2 Å². The van der Waals surface area contributed by atoms with Gasteiger partial charge in [-0.25, -0.2) is 0 Å². The number of hydrogen-bond donors (Lipinski definition) is 0. The predicted molar refractivity (Wildman–Crippen MR) is 54.3 cm³/mol. The third-order valence-electron chi connectivity index (χ3n) is 1.66. The first-order chi connectivity index (χ1) is 7.92. The van der Waals surface area contributed by atoms with Crippen molar-refractivity contribution in [3.63, 3.8) is 0 Å². The Bertz CT molecular complexity index is 393. The van der Waals surface area contributed by atoms with Gasteiger partial charge in [-0.3, -0.25) is 4.79 Å². The summed E-state index contributed by atoms with van der Waals surface area (Å²) in [6.07, 6.45) is -3.91. The van der Waals surface area contributed by atoms with E-state index in [2.05, 4.69) is 4.74 Å². The van der Waals surface area contributed by atoms with E-state index in [0.29, 0.717) is 11.3 Å². The van der Waals surface area contributed by atoms with E-state index in [1.165, 1.54) is 18.2 Å². The van der Waals surface area contributed by atoms with Crippen LogP contribution in [0.2, 0.25) is 5.02 Å².